The Morgan fingerprint density at radius 1 is 1.21 bits per heavy atom. The number of rotatable bonds is 8. The number of anilines is 3. The van der Waals surface area contributed by atoms with Gasteiger partial charge in [-0.15, -0.1) is 0 Å². The van der Waals surface area contributed by atoms with E-state index in [-0.39, 0.29) is 23.9 Å². The molecule has 3 aromatic rings. The Balaban J connectivity index is 1.63. The molecule has 10 nitrogen and oxygen atoms in total. The zero-order chi connectivity index (χ0) is 23.6. The van der Waals surface area contributed by atoms with Crippen molar-refractivity contribution in [2.45, 2.75) is 31.8 Å². The summed E-state index contributed by atoms with van der Waals surface area (Å²) in [6.45, 7) is 3.55. The van der Waals surface area contributed by atoms with Crippen molar-refractivity contribution in [2.75, 3.05) is 24.4 Å². The number of ether oxygens (including phenoxy) is 2. The number of aliphatic hydroxyl groups is 1. The van der Waals surface area contributed by atoms with Gasteiger partial charge in [-0.3, -0.25) is 0 Å². The Morgan fingerprint density at radius 2 is 1.97 bits per heavy atom. The smallest absolute Gasteiger partial charge is 0.341 e. The average molecular weight is 451 g/mol. The zero-order valence-corrected chi connectivity index (χ0v) is 18.4. The van der Waals surface area contributed by atoms with E-state index in [1.807, 2.05) is 50.2 Å². The molecule has 2 atom stereocenters. The van der Waals surface area contributed by atoms with Gasteiger partial charge in [-0.1, -0.05) is 30.3 Å². The van der Waals surface area contributed by atoms with Crippen LogP contribution in [0.15, 0.2) is 48.7 Å². The van der Waals surface area contributed by atoms with Gasteiger partial charge < -0.3 is 30.3 Å². The lowest BCUT2D eigenvalue weighted by Crippen LogP contribution is -2.19. The molecule has 0 amide bonds. The lowest BCUT2D eigenvalue weighted by molar-refractivity contribution is -0.175. The molecular formula is C23H25N5O5. The van der Waals surface area contributed by atoms with Gasteiger partial charge in [0.2, 0.25) is 5.95 Å². The first-order valence-electron chi connectivity index (χ1n) is 10.3. The van der Waals surface area contributed by atoms with E-state index in [2.05, 4.69) is 25.6 Å². The van der Waals surface area contributed by atoms with Crippen molar-refractivity contribution in [1.29, 1.82) is 0 Å². The van der Waals surface area contributed by atoms with Gasteiger partial charge >= 0.3 is 5.97 Å². The summed E-state index contributed by atoms with van der Waals surface area (Å²) in [4.78, 5) is 24.8. The van der Waals surface area contributed by atoms with Crippen molar-refractivity contribution in [3.63, 3.8) is 0 Å². The van der Waals surface area contributed by atoms with E-state index < -0.39 is 23.9 Å². The number of nitrogens with one attached hydrogen (secondary N) is 2. The first-order valence-corrected chi connectivity index (χ1v) is 10.3. The molecule has 0 radical (unpaired) electrons. The van der Waals surface area contributed by atoms with Crippen molar-refractivity contribution in [3.8, 4) is 0 Å². The summed E-state index contributed by atoms with van der Waals surface area (Å²) in [6.07, 6.45) is 0.715. The highest BCUT2D eigenvalue weighted by Gasteiger charge is 2.39. The van der Waals surface area contributed by atoms with Crippen molar-refractivity contribution < 1.29 is 24.5 Å². The van der Waals surface area contributed by atoms with Crippen molar-refractivity contribution >= 4 is 23.6 Å². The topological polar surface area (TPSA) is 139 Å². The second-order valence-corrected chi connectivity index (χ2v) is 8.01. The molecule has 172 valence electrons. The number of carboxylic acids is 1. The fourth-order valence-electron chi connectivity index (χ4n) is 3.68. The molecule has 33 heavy (non-hydrogen) atoms. The summed E-state index contributed by atoms with van der Waals surface area (Å²) in [5, 5.41) is 25.5. The third-order valence-electron chi connectivity index (χ3n) is 5.32. The van der Waals surface area contributed by atoms with Crippen LogP contribution in [0.25, 0.3) is 0 Å². The quantitative estimate of drug-likeness (QED) is 0.403. The van der Waals surface area contributed by atoms with E-state index >= 15 is 0 Å². The first kappa shape index (κ1) is 22.6. The van der Waals surface area contributed by atoms with Crippen molar-refractivity contribution in [2.24, 2.45) is 0 Å². The van der Waals surface area contributed by atoms with Gasteiger partial charge in [-0.2, -0.15) is 4.98 Å². The minimum absolute atomic E-state index is 0.0761. The summed E-state index contributed by atoms with van der Waals surface area (Å²) in [7, 11) is 1.57. The number of hydrogen-bond donors (Lipinski definition) is 4. The largest absolute Gasteiger partial charge is 0.477 e. The Hall–Kier alpha value is -3.60. The Bertz CT molecular complexity index is 1160. The second-order valence-electron chi connectivity index (χ2n) is 8.01. The molecule has 4 rings (SSSR count). The van der Waals surface area contributed by atoms with Crippen LogP contribution in [-0.2, 0) is 15.1 Å². The molecule has 2 aromatic heterocycles. The maximum atomic E-state index is 11.7. The second kappa shape index (κ2) is 9.10. The number of hydrogen-bond acceptors (Lipinski definition) is 9. The van der Waals surface area contributed by atoms with Gasteiger partial charge in [0, 0.05) is 18.9 Å². The highest BCUT2D eigenvalue weighted by molar-refractivity contribution is 5.93. The maximum Gasteiger partial charge on any atom is 0.341 e. The number of nitrogens with zero attached hydrogens (tertiary/aromatic N) is 3. The summed E-state index contributed by atoms with van der Waals surface area (Å²) in [6, 6.07) is 12.3. The SMILES string of the molecule is COC1OC(C)(C)c2nc(Nc3ncc(C(=O)O)c(N[C@H](CO)c4ccccc4)n3)ccc21. The summed E-state index contributed by atoms with van der Waals surface area (Å²) in [5.41, 5.74) is 1.60. The minimum Gasteiger partial charge on any atom is -0.477 e. The van der Waals surface area contributed by atoms with E-state index in [1.165, 1.54) is 6.20 Å². The molecule has 0 bridgehead atoms. The highest BCUT2D eigenvalue weighted by Crippen LogP contribution is 2.42. The number of aromatic nitrogens is 3. The third kappa shape index (κ3) is 4.63. The lowest BCUT2D eigenvalue weighted by atomic mass is 10.0. The average Bonchev–Trinajstić information content (AvgIpc) is 3.07. The van der Waals surface area contributed by atoms with Crippen LogP contribution in [0.1, 0.15) is 53.4 Å². The van der Waals surface area contributed by atoms with Crippen LogP contribution in [0.2, 0.25) is 0 Å². The normalized spacial score (nSPS) is 17.3. The van der Waals surface area contributed by atoms with Crippen molar-refractivity contribution in [1.82, 2.24) is 15.0 Å². The van der Waals surface area contributed by atoms with Gasteiger partial charge in [0.1, 0.15) is 22.8 Å². The molecule has 0 saturated carbocycles. The van der Waals surface area contributed by atoms with E-state index in [1.54, 1.807) is 13.2 Å². The molecule has 0 spiro atoms. The molecule has 1 aliphatic rings. The van der Waals surface area contributed by atoms with Gasteiger partial charge in [0.25, 0.3) is 0 Å². The van der Waals surface area contributed by atoms with Gasteiger partial charge in [0.15, 0.2) is 6.29 Å². The molecule has 1 aromatic carbocycles. The molecule has 1 aliphatic heterocycles. The summed E-state index contributed by atoms with van der Waals surface area (Å²) in [5.74, 6) is -0.487. The monoisotopic (exact) mass is 451 g/mol. The lowest BCUT2D eigenvalue weighted by Gasteiger charge is -2.19. The molecule has 0 saturated heterocycles. The van der Waals surface area contributed by atoms with Crippen LogP contribution in [0.4, 0.5) is 17.6 Å². The van der Waals surface area contributed by atoms with Crippen LogP contribution >= 0.6 is 0 Å². The van der Waals surface area contributed by atoms with E-state index in [0.29, 0.717) is 5.82 Å². The van der Waals surface area contributed by atoms with E-state index in [0.717, 1.165) is 16.8 Å². The van der Waals surface area contributed by atoms with Crippen LogP contribution in [-0.4, -0.2) is 44.9 Å². The molecule has 1 unspecified atom stereocenters. The Labute approximate surface area is 190 Å². The van der Waals surface area contributed by atoms with E-state index in [9.17, 15) is 15.0 Å². The molecular weight excluding hydrogens is 426 g/mol. The standard InChI is InChI=1S/C23H25N5O5/c1-23(2)18-14(21(32-3)33-23)9-10-17(26-18)27-22-24-11-15(20(30)31)19(28-22)25-16(12-29)13-7-5-4-6-8-13/h4-11,16,21,29H,12H2,1-3H3,(H,30,31)(H2,24,25,26,27,28)/t16-,21?/m1/s1. The predicted molar refractivity (Wildman–Crippen MR) is 120 cm³/mol. The predicted octanol–water partition coefficient (Wildman–Crippen LogP) is 3.37. The summed E-state index contributed by atoms with van der Waals surface area (Å²) >= 11 is 0. The van der Waals surface area contributed by atoms with E-state index in [4.69, 9.17) is 9.47 Å². The summed E-state index contributed by atoms with van der Waals surface area (Å²) < 4.78 is 11.3. The number of aromatic carboxylic acids is 1. The number of fused-ring (bicyclic) bond motifs is 1. The molecule has 3 heterocycles. The third-order valence-corrected chi connectivity index (χ3v) is 5.32. The fraction of sp³-hybridized carbons (Fsp3) is 0.304. The van der Waals surface area contributed by atoms with Crippen molar-refractivity contribution in [3.05, 3.63) is 71.0 Å². The first-order chi connectivity index (χ1) is 15.8. The van der Waals surface area contributed by atoms with Crippen LogP contribution in [0, 0.1) is 0 Å². The van der Waals surface area contributed by atoms with Gasteiger partial charge in [-0.05, 0) is 31.5 Å². The number of pyridine rings is 1. The molecule has 0 fully saturated rings. The van der Waals surface area contributed by atoms with Gasteiger partial charge in [0.05, 0.1) is 18.3 Å². The Kier molecular flexibility index (Phi) is 6.23. The number of carbonyl (C=O) groups is 1. The number of aliphatic hydroxyl groups excluding tert-OH is 1. The van der Waals surface area contributed by atoms with Crippen LogP contribution < -0.4 is 10.6 Å². The fourth-order valence-corrected chi connectivity index (χ4v) is 3.68. The number of benzene rings is 1. The highest BCUT2D eigenvalue weighted by atomic mass is 16.7. The zero-order valence-electron chi connectivity index (χ0n) is 18.4. The minimum atomic E-state index is -1.19. The van der Waals surface area contributed by atoms with Crippen LogP contribution in [0.3, 0.4) is 0 Å². The molecule has 10 heteroatoms. The van der Waals surface area contributed by atoms with Gasteiger partial charge in [-0.25, -0.2) is 14.8 Å². The molecule has 4 N–H and O–H groups in total. The molecule has 0 aliphatic carbocycles. The maximum absolute atomic E-state index is 11.7. The number of methoxy groups -OCH3 is 1. The number of carboxylic acid groups (broad SMARTS) is 1. The van der Waals surface area contributed by atoms with Crippen LogP contribution in [0.5, 0.6) is 0 Å². The Morgan fingerprint density at radius 3 is 2.64 bits per heavy atom.